The van der Waals surface area contributed by atoms with Gasteiger partial charge in [-0.05, 0) is 31.3 Å². The largest absolute Gasteiger partial charge is 0.396 e. The molecule has 0 spiro atoms. The van der Waals surface area contributed by atoms with Crippen molar-refractivity contribution in [2.45, 2.75) is 52.9 Å². The van der Waals surface area contributed by atoms with Crippen LogP contribution in [0.5, 0.6) is 0 Å². The summed E-state index contributed by atoms with van der Waals surface area (Å²) in [5.74, 6) is 1.25. The Morgan fingerprint density at radius 1 is 1.00 bits per heavy atom. The van der Waals surface area contributed by atoms with Crippen molar-refractivity contribution in [3.8, 4) is 0 Å². The molecule has 2 N–H and O–H groups in total. The molecule has 0 aromatic heterocycles. The van der Waals surface area contributed by atoms with Gasteiger partial charge in [-0.2, -0.15) is 0 Å². The molecule has 1 unspecified atom stereocenters. The summed E-state index contributed by atoms with van der Waals surface area (Å²) in [5.41, 5.74) is 0. The molecular formula is C13H29NO. The minimum atomic E-state index is 0.293. The quantitative estimate of drug-likeness (QED) is 0.549. The molecule has 0 radical (unpaired) electrons. The van der Waals surface area contributed by atoms with E-state index < -0.39 is 0 Å². The molecule has 0 bridgehead atoms. The lowest BCUT2D eigenvalue weighted by Gasteiger charge is -2.09. The third-order valence-corrected chi connectivity index (χ3v) is 2.69. The first-order valence-corrected chi connectivity index (χ1v) is 6.48. The maximum atomic E-state index is 8.82. The Balaban J connectivity index is 2.99. The Bertz CT molecular complexity index is 126. The van der Waals surface area contributed by atoms with Gasteiger partial charge in [0.1, 0.15) is 0 Å². The summed E-state index contributed by atoms with van der Waals surface area (Å²) in [6.07, 6.45) is 6.73. The van der Waals surface area contributed by atoms with Crippen LogP contribution in [0.15, 0.2) is 0 Å². The second-order valence-corrected chi connectivity index (χ2v) is 5.09. The highest BCUT2D eigenvalue weighted by Crippen LogP contribution is 2.08. The summed E-state index contributed by atoms with van der Waals surface area (Å²) in [5, 5.41) is 12.2. The standard InChI is InChI=1S/C13H29NO/c1-12(2)8-6-4-5-7-9-14-10-13(3)11-15/h12-15H,4-11H2,1-3H3. The lowest BCUT2D eigenvalue weighted by molar-refractivity contribution is 0.234. The van der Waals surface area contributed by atoms with Crippen molar-refractivity contribution in [2.75, 3.05) is 19.7 Å². The van der Waals surface area contributed by atoms with Gasteiger partial charge in [-0.3, -0.25) is 0 Å². The highest BCUT2D eigenvalue weighted by molar-refractivity contribution is 4.55. The van der Waals surface area contributed by atoms with Crippen molar-refractivity contribution in [2.24, 2.45) is 11.8 Å². The zero-order chi connectivity index (χ0) is 11.5. The number of aliphatic hydroxyl groups excluding tert-OH is 1. The monoisotopic (exact) mass is 215 g/mol. The normalized spacial score (nSPS) is 13.4. The minimum Gasteiger partial charge on any atom is -0.396 e. The molecule has 2 nitrogen and oxygen atoms in total. The highest BCUT2D eigenvalue weighted by Gasteiger charge is 1.98. The minimum absolute atomic E-state index is 0.293. The van der Waals surface area contributed by atoms with Crippen LogP contribution in [0, 0.1) is 11.8 Å². The molecular weight excluding hydrogens is 186 g/mol. The second-order valence-electron chi connectivity index (χ2n) is 5.09. The van der Waals surface area contributed by atoms with Crippen molar-refractivity contribution in [3.63, 3.8) is 0 Å². The number of aliphatic hydroxyl groups is 1. The van der Waals surface area contributed by atoms with Crippen LogP contribution >= 0.6 is 0 Å². The molecule has 0 aliphatic heterocycles. The fourth-order valence-electron chi connectivity index (χ4n) is 1.57. The van der Waals surface area contributed by atoms with E-state index in [4.69, 9.17) is 5.11 Å². The van der Waals surface area contributed by atoms with E-state index >= 15 is 0 Å². The first kappa shape index (κ1) is 14.9. The number of hydrogen-bond donors (Lipinski definition) is 2. The third-order valence-electron chi connectivity index (χ3n) is 2.69. The number of hydrogen-bond acceptors (Lipinski definition) is 2. The lowest BCUT2D eigenvalue weighted by atomic mass is 10.0. The van der Waals surface area contributed by atoms with Gasteiger partial charge >= 0.3 is 0 Å². The van der Waals surface area contributed by atoms with Crippen molar-refractivity contribution in [3.05, 3.63) is 0 Å². The van der Waals surface area contributed by atoms with Crippen LogP contribution in [0.2, 0.25) is 0 Å². The van der Waals surface area contributed by atoms with Gasteiger partial charge in [0.25, 0.3) is 0 Å². The molecule has 0 rings (SSSR count). The van der Waals surface area contributed by atoms with Gasteiger partial charge in [0, 0.05) is 6.61 Å². The average molecular weight is 215 g/mol. The first-order valence-electron chi connectivity index (χ1n) is 6.48. The molecule has 0 fully saturated rings. The van der Waals surface area contributed by atoms with Crippen LogP contribution in [-0.4, -0.2) is 24.8 Å². The molecule has 0 aliphatic rings. The fraction of sp³-hybridized carbons (Fsp3) is 1.00. The summed E-state index contributed by atoms with van der Waals surface area (Å²) >= 11 is 0. The van der Waals surface area contributed by atoms with E-state index in [0.29, 0.717) is 12.5 Å². The van der Waals surface area contributed by atoms with E-state index in [1.165, 1.54) is 32.1 Å². The molecule has 0 aromatic carbocycles. The molecule has 0 aromatic rings. The molecule has 0 heterocycles. The van der Waals surface area contributed by atoms with Gasteiger partial charge in [-0.15, -0.1) is 0 Å². The number of rotatable bonds is 10. The first-order chi connectivity index (χ1) is 7.16. The van der Waals surface area contributed by atoms with Crippen molar-refractivity contribution < 1.29 is 5.11 Å². The zero-order valence-corrected chi connectivity index (χ0v) is 10.8. The van der Waals surface area contributed by atoms with Gasteiger partial charge in [0.2, 0.25) is 0 Å². The van der Waals surface area contributed by atoms with E-state index in [9.17, 15) is 0 Å². The molecule has 1 atom stereocenters. The van der Waals surface area contributed by atoms with E-state index in [0.717, 1.165) is 19.0 Å². The van der Waals surface area contributed by atoms with Crippen molar-refractivity contribution in [1.29, 1.82) is 0 Å². The van der Waals surface area contributed by atoms with Gasteiger partial charge in [0.05, 0.1) is 0 Å². The SMILES string of the molecule is CC(C)CCCCCCNCC(C)CO. The Labute approximate surface area is 95.5 Å². The van der Waals surface area contributed by atoms with Crippen LogP contribution in [0.3, 0.4) is 0 Å². The van der Waals surface area contributed by atoms with Crippen LogP contribution in [-0.2, 0) is 0 Å². The number of nitrogens with one attached hydrogen (secondary N) is 1. The van der Waals surface area contributed by atoms with Crippen LogP contribution in [0.1, 0.15) is 52.9 Å². The Hall–Kier alpha value is -0.0800. The predicted octanol–water partition coefficient (Wildman–Crippen LogP) is 2.81. The molecule has 0 saturated carbocycles. The molecule has 92 valence electrons. The smallest absolute Gasteiger partial charge is 0.0468 e. The number of unbranched alkanes of at least 4 members (excludes halogenated alkanes) is 3. The van der Waals surface area contributed by atoms with E-state index in [2.05, 4.69) is 26.1 Å². The van der Waals surface area contributed by atoms with Crippen LogP contribution < -0.4 is 5.32 Å². The summed E-state index contributed by atoms with van der Waals surface area (Å²) in [7, 11) is 0. The van der Waals surface area contributed by atoms with Gasteiger partial charge in [-0.25, -0.2) is 0 Å². The zero-order valence-electron chi connectivity index (χ0n) is 10.8. The van der Waals surface area contributed by atoms with E-state index in [-0.39, 0.29) is 0 Å². The Kier molecular flexibility index (Phi) is 10.4. The average Bonchev–Trinajstić information content (AvgIpc) is 2.21. The Morgan fingerprint density at radius 2 is 1.67 bits per heavy atom. The summed E-state index contributed by atoms with van der Waals surface area (Å²) in [6.45, 7) is 8.99. The summed E-state index contributed by atoms with van der Waals surface area (Å²) in [6, 6.07) is 0. The van der Waals surface area contributed by atoms with Crippen molar-refractivity contribution >= 4 is 0 Å². The van der Waals surface area contributed by atoms with E-state index in [1.54, 1.807) is 0 Å². The van der Waals surface area contributed by atoms with Crippen molar-refractivity contribution in [1.82, 2.24) is 5.32 Å². The van der Waals surface area contributed by atoms with Gasteiger partial charge in [-0.1, -0.05) is 46.5 Å². The Morgan fingerprint density at radius 3 is 2.27 bits per heavy atom. The highest BCUT2D eigenvalue weighted by atomic mass is 16.3. The third kappa shape index (κ3) is 11.8. The van der Waals surface area contributed by atoms with Gasteiger partial charge < -0.3 is 10.4 Å². The summed E-state index contributed by atoms with van der Waals surface area (Å²) in [4.78, 5) is 0. The van der Waals surface area contributed by atoms with Crippen LogP contribution in [0.25, 0.3) is 0 Å². The van der Waals surface area contributed by atoms with Gasteiger partial charge in [0.15, 0.2) is 0 Å². The maximum Gasteiger partial charge on any atom is 0.0468 e. The molecule has 0 aliphatic carbocycles. The summed E-state index contributed by atoms with van der Waals surface area (Å²) < 4.78 is 0. The lowest BCUT2D eigenvalue weighted by Crippen LogP contribution is -2.24. The topological polar surface area (TPSA) is 32.3 Å². The molecule has 15 heavy (non-hydrogen) atoms. The molecule has 0 amide bonds. The second kappa shape index (κ2) is 10.4. The molecule has 2 heteroatoms. The maximum absolute atomic E-state index is 8.82. The fourth-order valence-corrected chi connectivity index (χ4v) is 1.57. The van der Waals surface area contributed by atoms with E-state index in [1.807, 2.05) is 0 Å². The van der Waals surface area contributed by atoms with Crippen LogP contribution in [0.4, 0.5) is 0 Å². The molecule has 0 saturated heterocycles. The predicted molar refractivity (Wildman–Crippen MR) is 67.0 cm³/mol.